The molecule has 0 saturated carbocycles. The SMILES string of the molecule is O=C(O)C1C=C(F)C=C(F)C1(F)C(=O)O. The second-order valence-electron chi connectivity index (χ2n) is 2.88. The van der Waals surface area contributed by atoms with Crippen LogP contribution in [0.2, 0.25) is 0 Å². The van der Waals surface area contributed by atoms with Gasteiger partial charge in [-0.25, -0.2) is 18.0 Å². The molecule has 0 saturated heterocycles. The van der Waals surface area contributed by atoms with Gasteiger partial charge in [-0.1, -0.05) is 0 Å². The van der Waals surface area contributed by atoms with Crippen molar-refractivity contribution in [3.63, 3.8) is 0 Å². The van der Waals surface area contributed by atoms with Crippen molar-refractivity contribution in [3.05, 3.63) is 23.8 Å². The van der Waals surface area contributed by atoms with Gasteiger partial charge in [-0.15, -0.1) is 0 Å². The van der Waals surface area contributed by atoms with Gasteiger partial charge >= 0.3 is 11.9 Å². The number of aliphatic carboxylic acids is 2. The predicted molar refractivity (Wildman–Crippen MR) is 41.0 cm³/mol. The molecule has 0 aliphatic heterocycles. The van der Waals surface area contributed by atoms with Gasteiger partial charge in [-0.05, 0) is 6.08 Å². The molecule has 0 fully saturated rings. The van der Waals surface area contributed by atoms with Crippen LogP contribution in [0.5, 0.6) is 0 Å². The molecule has 2 unspecified atom stereocenters. The fourth-order valence-corrected chi connectivity index (χ4v) is 1.17. The zero-order valence-electron chi connectivity index (χ0n) is 7.08. The molecule has 0 heterocycles. The number of carboxylic acid groups (broad SMARTS) is 2. The maximum atomic E-state index is 13.5. The second kappa shape index (κ2) is 3.41. The third-order valence-corrected chi connectivity index (χ3v) is 1.94. The number of carbonyl (C=O) groups is 2. The van der Waals surface area contributed by atoms with Gasteiger partial charge in [0.15, 0.2) is 5.83 Å². The first kappa shape index (κ1) is 11.3. The molecule has 2 N–H and O–H groups in total. The van der Waals surface area contributed by atoms with Gasteiger partial charge in [-0.2, -0.15) is 0 Å². The predicted octanol–water partition coefficient (Wildman–Crippen LogP) is 1.20. The summed E-state index contributed by atoms with van der Waals surface area (Å²) in [5.74, 6) is -9.98. The Morgan fingerprint density at radius 3 is 2.27 bits per heavy atom. The lowest BCUT2D eigenvalue weighted by Crippen LogP contribution is -2.46. The monoisotopic (exact) mass is 222 g/mol. The van der Waals surface area contributed by atoms with Gasteiger partial charge < -0.3 is 10.2 Å². The minimum absolute atomic E-state index is 0.00750. The summed E-state index contributed by atoms with van der Waals surface area (Å²) >= 11 is 0. The van der Waals surface area contributed by atoms with E-state index in [0.717, 1.165) is 0 Å². The van der Waals surface area contributed by atoms with Crippen LogP contribution in [-0.2, 0) is 9.59 Å². The van der Waals surface area contributed by atoms with E-state index >= 15 is 0 Å². The molecule has 1 rings (SSSR count). The van der Waals surface area contributed by atoms with Crippen LogP contribution in [-0.4, -0.2) is 27.8 Å². The van der Waals surface area contributed by atoms with Crippen LogP contribution in [0.25, 0.3) is 0 Å². The highest BCUT2D eigenvalue weighted by atomic mass is 19.2. The molecule has 0 aromatic carbocycles. The Morgan fingerprint density at radius 2 is 1.87 bits per heavy atom. The standard InChI is InChI=1S/C8H5F3O4/c9-3-1-4(6(12)13)8(11,7(14)15)5(10)2-3/h1-2,4H,(H,12,13)(H,14,15). The van der Waals surface area contributed by atoms with Crippen molar-refractivity contribution >= 4 is 11.9 Å². The van der Waals surface area contributed by atoms with Gasteiger partial charge in [-0.3, -0.25) is 4.79 Å². The highest BCUT2D eigenvalue weighted by Gasteiger charge is 2.55. The number of carboxylic acids is 2. The average molecular weight is 222 g/mol. The Labute approximate surface area is 81.3 Å². The van der Waals surface area contributed by atoms with Crippen LogP contribution >= 0.6 is 0 Å². The molecule has 0 bridgehead atoms. The first-order chi connectivity index (χ1) is 6.80. The molecule has 0 aromatic heterocycles. The highest BCUT2D eigenvalue weighted by molar-refractivity contribution is 5.90. The van der Waals surface area contributed by atoms with Crippen LogP contribution in [0, 0.1) is 5.92 Å². The van der Waals surface area contributed by atoms with Crippen molar-refractivity contribution in [1.29, 1.82) is 0 Å². The molecule has 7 heteroatoms. The van der Waals surface area contributed by atoms with Gasteiger partial charge in [0.05, 0.1) is 0 Å². The molecule has 0 amide bonds. The summed E-state index contributed by atoms with van der Waals surface area (Å²) in [7, 11) is 0. The summed E-state index contributed by atoms with van der Waals surface area (Å²) in [5.41, 5.74) is -3.75. The summed E-state index contributed by atoms with van der Waals surface area (Å²) in [4.78, 5) is 20.9. The third-order valence-electron chi connectivity index (χ3n) is 1.94. The zero-order chi connectivity index (χ0) is 11.8. The number of alkyl halides is 1. The molecular weight excluding hydrogens is 217 g/mol. The molecule has 1 aliphatic carbocycles. The van der Waals surface area contributed by atoms with E-state index in [1.165, 1.54) is 0 Å². The Hall–Kier alpha value is -1.79. The van der Waals surface area contributed by atoms with E-state index in [2.05, 4.69) is 0 Å². The van der Waals surface area contributed by atoms with Crippen molar-refractivity contribution < 1.29 is 33.0 Å². The van der Waals surface area contributed by atoms with Crippen molar-refractivity contribution in [3.8, 4) is 0 Å². The molecule has 1 aliphatic rings. The molecule has 2 atom stereocenters. The van der Waals surface area contributed by atoms with E-state index in [9.17, 15) is 22.8 Å². The highest BCUT2D eigenvalue weighted by Crippen LogP contribution is 2.38. The Balaban J connectivity index is 3.31. The van der Waals surface area contributed by atoms with Crippen LogP contribution < -0.4 is 0 Å². The Morgan fingerprint density at radius 1 is 1.33 bits per heavy atom. The molecule has 15 heavy (non-hydrogen) atoms. The summed E-state index contributed by atoms with van der Waals surface area (Å²) in [6.45, 7) is 0. The zero-order valence-corrected chi connectivity index (χ0v) is 7.08. The van der Waals surface area contributed by atoms with Crippen molar-refractivity contribution in [2.24, 2.45) is 5.92 Å². The molecule has 4 nitrogen and oxygen atoms in total. The fourth-order valence-electron chi connectivity index (χ4n) is 1.17. The van der Waals surface area contributed by atoms with Gasteiger partial charge in [0.1, 0.15) is 11.7 Å². The van der Waals surface area contributed by atoms with E-state index in [0.29, 0.717) is 0 Å². The van der Waals surface area contributed by atoms with E-state index < -0.39 is 35.2 Å². The quantitative estimate of drug-likeness (QED) is 0.736. The second-order valence-corrected chi connectivity index (χ2v) is 2.88. The third kappa shape index (κ3) is 1.60. The maximum absolute atomic E-state index is 13.5. The number of hydrogen-bond acceptors (Lipinski definition) is 2. The van der Waals surface area contributed by atoms with Crippen molar-refractivity contribution in [1.82, 2.24) is 0 Å². The van der Waals surface area contributed by atoms with Gasteiger partial charge in [0.25, 0.3) is 5.67 Å². The fraction of sp³-hybridized carbons (Fsp3) is 0.250. The largest absolute Gasteiger partial charge is 0.481 e. The van der Waals surface area contributed by atoms with Crippen LogP contribution in [0.3, 0.4) is 0 Å². The lowest BCUT2D eigenvalue weighted by molar-refractivity contribution is -0.160. The van der Waals surface area contributed by atoms with Gasteiger partial charge in [0, 0.05) is 6.08 Å². The average Bonchev–Trinajstić information content (AvgIpc) is 2.10. The molecule has 0 radical (unpaired) electrons. The Bertz CT molecular complexity index is 387. The summed E-state index contributed by atoms with van der Waals surface area (Å²) in [6.07, 6.45) is 0.215. The minimum Gasteiger partial charge on any atom is -0.481 e. The minimum atomic E-state index is -3.75. The van der Waals surface area contributed by atoms with E-state index in [-0.39, 0.29) is 12.2 Å². The van der Waals surface area contributed by atoms with Crippen LogP contribution in [0.15, 0.2) is 23.8 Å². The van der Waals surface area contributed by atoms with E-state index in [1.807, 2.05) is 0 Å². The first-order valence-corrected chi connectivity index (χ1v) is 3.70. The van der Waals surface area contributed by atoms with Crippen LogP contribution in [0.4, 0.5) is 13.2 Å². The maximum Gasteiger partial charge on any atom is 0.349 e. The summed E-state index contributed by atoms with van der Waals surface area (Å²) in [6, 6.07) is 0. The lowest BCUT2D eigenvalue weighted by Gasteiger charge is -2.25. The number of allylic oxidation sites excluding steroid dienone is 2. The molecule has 0 spiro atoms. The number of halogens is 3. The molecular formula is C8H5F3O4. The molecule has 0 aromatic rings. The first-order valence-electron chi connectivity index (χ1n) is 3.70. The number of hydrogen-bond donors (Lipinski definition) is 2. The lowest BCUT2D eigenvalue weighted by atomic mass is 9.84. The van der Waals surface area contributed by atoms with E-state index in [4.69, 9.17) is 10.2 Å². The smallest absolute Gasteiger partial charge is 0.349 e. The van der Waals surface area contributed by atoms with Gasteiger partial charge in [0.2, 0.25) is 0 Å². The van der Waals surface area contributed by atoms with Crippen molar-refractivity contribution in [2.45, 2.75) is 5.67 Å². The van der Waals surface area contributed by atoms with Crippen LogP contribution in [0.1, 0.15) is 0 Å². The van der Waals surface area contributed by atoms with E-state index in [1.54, 1.807) is 0 Å². The normalized spacial score (nSPS) is 30.5. The van der Waals surface area contributed by atoms with Crippen molar-refractivity contribution in [2.75, 3.05) is 0 Å². The number of rotatable bonds is 2. The molecule has 82 valence electrons. The summed E-state index contributed by atoms with van der Waals surface area (Å²) < 4.78 is 39.0. The topological polar surface area (TPSA) is 74.6 Å². The Kier molecular flexibility index (Phi) is 2.57. The summed E-state index contributed by atoms with van der Waals surface area (Å²) in [5, 5.41) is 16.9.